The van der Waals surface area contributed by atoms with Crippen LogP contribution in [0.1, 0.15) is 35.6 Å². The topological polar surface area (TPSA) is 49.8 Å². The molecule has 0 aromatic heterocycles. The van der Waals surface area contributed by atoms with Gasteiger partial charge in [0.2, 0.25) is 0 Å². The minimum atomic E-state index is -0.716. The minimum absolute atomic E-state index is 0.0696. The fraction of sp³-hybridized carbons (Fsp3) is 0.269. The van der Waals surface area contributed by atoms with Gasteiger partial charge in [-0.1, -0.05) is 71.7 Å². The van der Waals surface area contributed by atoms with Gasteiger partial charge in [-0.2, -0.15) is 0 Å². The van der Waals surface area contributed by atoms with Crippen LogP contribution in [0.15, 0.2) is 72.8 Å². The molecule has 4 nitrogen and oxygen atoms in total. The number of halogens is 2. The van der Waals surface area contributed by atoms with Crippen LogP contribution in [-0.2, 0) is 11.4 Å². The van der Waals surface area contributed by atoms with Crippen molar-refractivity contribution < 1.29 is 14.6 Å². The maximum absolute atomic E-state index is 11.4. The summed E-state index contributed by atoms with van der Waals surface area (Å²) in [6.07, 6.45) is 1.24. The predicted molar refractivity (Wildman–Crippen MR) is 127 cm³/mol. The zero-order chi connectivity index (χ0) is 22.5. The van der Waals surface area contributed by atoms with Crippen LogP contribution in [-0.4, -0.2) is 29.1 Å². The minimum Gasteiger partial charge on any atom is -0.489 e. The molecule has 1 saturated heterocycles. The summed E-state index contributed by atoms with van der Waals surface area (Å²) in [7, 11) is 0. The highest BCUT2D eigenvalue weighted by Gasteiger charge is 2.30. The molecule has 1 aliphatic rings. The van der Waals surface area contributed by atoms with Gasteiger partial charge in [0.1, 0.15) is 12.4 Å². The number of likely N-dealkylation sites (tertiary alicyclic amines) is 1. The zero-order valence-corrected chi connectivity index (χ0v) is 19.1. The summed E-state index contributed by atoms with van der Waals surface area (Å²) in [4.78, 5) is 13.7. The number of ether oxygens (including phenoxy) is 1. The molecule has 1 aliphatic heterocycles. The van der Waals surface area contributed by atoms with Gasteiger partial charge < -0.3 is 9.84 Å². The van der Waals surface area contributed by atoms with E-state index in [2.05, 4.69) is 17.0 Å². The van der Waals surface area contributed by atoms with Crippen LogP contribution < -0.4 is 4.74 Å². The third kappa shape index (κ3) is 5.44. The molecular weight excluding hydrogens is 445 g/mol. The molecule has 0 aliphatic carbocycles. The number of carbonyl (C=O) groups is 1. The molecular formula is C26H25Cl2NO3. The van der Waals surface area contributed by atoms with Crippen LogP contribution in [0, 0.1) is 5.92 Å². The largest absolute Gasteiger partial charge is 0.489 e. The van der Waals surface area contributed by atoms with E-state index >= 15 is 0 Å². The Morgan fingerprint density at radius 2 is 1.66 bits per heavy atom. The number of nitrogens with zero attached hydrogens (tertiary/aromatic N) is 1. The lowest BCUT2D eigenvalue weighted by atomic mass is 9.91. The van der Waals surface area contributed by atoms with E-state index < -0.39 is 5.97 Å². The first-order valence-corrected chi connectivity index (χ1v) is 11.5. The summed E-state index contributed by atoms with van der Waals surface area (Å²) < 4.78 is 6.05. The molecule has 0 radical (unpaired) electrons. The van der Waals surface area contributed by atoms with Crippen molar-refractivity contribution in [1.82, 2.24) is 4.90 Å². The molecule has 166 valence electrons. The van der Waals surface area contributed by atoms with Gasteiger partial charge in [0.05, 0.1) is 22.0 Å². The van der Waals surface area contributed by atoms with Crippen LogP contribution in [0.5, 0.6) is 5.75 Å². The molecule has 32 heavy (non-hydrogen) atoms. The van der Waals surface area contributed by atoms with Crippen LogP contribution in [0.3, 0.4) is 0 Å². The van der Waals surface area contributed by atoms with Crippen molar-refractivity contribution >= 4 is 29.2 Å². The summed E-state index contributed by atoms with van der Waals surface area (Å²) in [5.41, 5.74) is 3.20. The van der Waals surface area contributed by atoms with E-state index in [9.17, 15) is 9.90 Å². The van der Waals surface area contributed by atoms with E-state index in [4.69, 9.17) is 27.9 Å². The van der Waals surface area contributed by atoms with Crippen molar-refractivity contribution in [2.75, 3.05) is 13.1 Å². The van der Waals surface area contributed by atoms with Crippen LogP contribution >= 0.6 is 23.2 Å². The molecule has 0 amide bonds. The Morgan fingerprint density at radius 3 is 2.34 bits per heavy atom. The van der Waals surface area contributed by atoms with E-state index in [1.54, 1.807) is 0 Å². The highest BCUT2D eigenvalue weighted by Crippen LogP contribution is 2.36. The van der Waals surface area contributed by atoms with Gasteiger partial charge in [0, 0.05) is 0 Å². The maximum atomic E-state index is 11.4. The van der Waals surface area contributed by atoms with Crippen LogP contribution in [0.25, 0.3) is 0 Å². The number of piperidine rings is 1. The van der Waals surface area contributed by atoms with Gasteiger partial charge in [-0.15, -0.1) is 0 Å². The molecule has 0 saturated carbocycles. The number of benzene rings is 3. The molecule has 1 unspecified atom stereocenters. The van der Waals surface area contributed by atoms with Gasteiger partial charge in [0.15, 0.2) is 0 Å². The SMILES string of the molecule is O=C(O)C1CCN(C(c2cccc(OCc3ccccc3)c2)c2ccc(Cl)c(Cl)c2)CC1. The summed E-state index contributed by atoms with van der Waals surface area (Å²) in [6, 6.07) is 23.8. The van der Waals surface area contributed by atoms with Crippen molar-refractivity contribution in [2.24, 2.45) is 5.92 Å². The maximum Gasteiger partial charge on any atom is 0.306 e. The highest BCUT2D eigenvalue weighted by molar-refractivity contribution is 6.42. The second-order valence-corrected chi connectivity index (χ2v) is 8.89. The highest BCUT2D eigenvalue weighted by atomic mass is 35.5. The van der Waals surface area contributed by atoms with Gasteiger partial charge in [-0.05, 0) is 66.9 Å². The number of carboxylic acid groups (broad SMARTS) is 1. The smallest absolute Gasteiger partial charge is 0.306 e. The van der Waals surface area contributed by atoms with Crippen molar-refractivity contribution in [3.05, 3.63) is 99.5 Å². The fourth-order valence-electron chi connectivity index (χ4n) is 4.22. The third-order valence-corrected chi connectivity index (χ3v) is 6.66. The first-order chi connectivity index (χ1) is 15.5. The second kappa shape index (κ2) is 10.4. The molecule has 3 aromatic carbocycles. The molecule has 0 bridgehead atoms. The predicted octanol–water partition coefficient (Wildman–Crippen LogP) is 6.46. The van der Waals surface area contributed by atoms with Gasteiger partial charge >= 0.3 is 5.97 Å². The standard InChI is InChI=1S/C26H25Cl2NO3/c27-23-10-9-21(16-24(23)28)25(29-13-11-19(12-14-29)26(30)31)20-7-4-8-22(15-20)32-17-18-5-2-1-3-6-18/h1-10,15-16,19,25H,11-14,17H2,(H,30,31). The number of carboxylic acids is 1. The van der Waals surface area contributed by atoms with Crippen molar-refractivity contribution in [2.45, 2.75) is 25.5 Å². The lowest BCUT2D eigenvalue weighted by molar-refractivity contribution is -0.143. The Kier molecular flexibility index (Phi) is 7.36. The number of hydrogen-bond donors (Lipinski definition) is 1. The molecule has 3 aromatic rings. The Bertz CT molecular complexity index is 1070. The summed E-state index contributed by atoms with van der Waals surface area (Å²) in [5, 5.41) is 10.4. The normalized spacial score (nSPS) is 15.9. The van der Waals surface area contributed by atoms with E-state index in [0.717, 1.165) is 22.4 Å². The van der Waals surface area contributed by atoms with E-state index in [0.29, 0.717) is 42.6 Å². The van der Waals surface area contributed by atoms with Crippen molar-refractivity contribution in [3.8, 4) is 5.75 Å². The zero-order valence-electron chi connectivity index (χ0n) is 17.6. The Labute approximate surface area is 198 Å². The lowest BCUT2D eigenvalue weighted by Crippen LogP contribution is -2.39. The van der Waals surface area contributed by atoms with E-state index in [1.807, 2.05) is 60.7 Å². The Balaban J connectivity index is 1.61. The first-order valence-electron chi connectivity index (χ1n) is 10.7. The Hall–Kier alpha value is -2.53. The number of hydrogen-bond acceptors (Lipinski definition) is 3. The van der Waals surface area contributed by atoms with Crippen LogP contribution in [0.2, 0.25) is 10.0 Å². The first kappa shape index (κ1) is 22.7. The lowest BCUT2D eigenvalue weighted by Gasteiger charge is -2.37. The van der Waals surface area contributed by atoms with Crippen molar-refractivity contribution in [3.63, 3.8) is 0 Å². The van der Waals surface area contributed by atoms with E-state index in [1.165, 1.54) is 0 Å². The molecule has 1 heterocycles. The molecule has 6 heteroatoms. The third-order valence-electron chi connectivity index (χ3n) is 5.93. The quantitative estimate of drug-likeness (QED) is 0.431. The monoisotopic (exact) mass is 469 g/mol. The summed E-state index contributed by atoms with van der Waals surface area (Å²) in [6.45, 7) is 1.87. The van der Waals surface area contributed by atoms with Gasteiger partial charge in [-0.25, -0.2) is 0 Å². The number of rotatable bonds is 7. The second-order valence-electron chi connectivity index (χ2n) is 8.07. The molecule has 1 N–H and O–H groups in total. The van der Waals surface area contributed by atoms with Gasteiger partial charge in [-0.3, -0.25) is 9.69 Å². The van der Waals surface area contributed by atoms with E-state index in [-0.39, 0.29) is 12.0 Å². The molecule has 4 rings (SSSR count). The average molecular weight is 470 g/mol. The average Bonchev–Trinajstić information content (AvgIpc) is 2.81. The van der Waals surface area contributed by atoms with Gasteiger partial charge in [0.25, 0.3) is 0 Å². The van der Waals surface area contributed by atoms with Crippen LogP contribution in [0.4, 0.5) is 0 Å². The molecule has 1 fully saturated rings. The van der Waals surface area contributed by atoms with Crippen molar-refractivity contribution in [1.29, 1.82) is 0 Å². The summed E-state index contributed by atoms with van der Waals surface area (Å²) in [5.74, 6) is -0.217. The molecule has 1 atom stereocenters. The Morgan fingerprint density at radius 1 is 0.938 bits per heavy atom. The fourth-order valence-corrected chi connectivity index (χ4v) is 4.52. The molecule has 0 spiro atoms. The number of aliphatic carboxylic acids is 1. The summed E-state index contributed by atoms with van der Waals surface area (Å²) >= 11 is 12.5.